The van der Waals surface area contributed by atoms with Crippen molar-refractivity contribution >= 4 is 44.1 Å². The summed E-state index contributed by atoms with van der Waals surface area (Å²) in [4.78, 5) is 25.4. The van der Waals surface area contributed by atoms with Gasteiger partial charge >= 0.3 is 0 Å². The van der Waals surface area contributed by atoms with E-state index in [1.165, 1.54) is 0 Å². The Kier molecular flexibility index (Phi) is 3.63. The van der Waals surface area contributed by atoms with E-state index in [1.54, 1.807) is 10.7 Å². The van der Waals surface area contributed by atoms with Crippen LogP contribution in [0.2, 0.25) is 0 Å². The molecule has 5 rings (SSSR count). The lowest BCUT2D eigenvalue weighted by Crippen LogP contribution is -2.29. The maximum Gasteiger partial charge on any atom is 0.229 e. The Morgan fingerprint density at radius 2 is 2.07 bits per heavy atom. The third-order valence-electron chi connectivity index (χ3n) is 5.34. The Labute approximate surface area is 168 Å². The summed E-state index contributed by atoms with van der Waals surface area (Å²) in [5.41, 5.74) is 8.33. The van der Waals surface area contributed by atoms with E-state index in [2.05, 4.69) is 41.3 Å². The minimum absolute atomic E-state index is 0.321. The van der Waals surface area contributed by atoms with Gasteiger partial charge in [-0.2, -0.15) is 0 Å². The van der Waals surface area contributed by atoms with E-state index in [0.29, 0.717) is 10.4 Å². The number of primary amides is 1. The van der Waals surface area contributed by atoms with Crippen LogP contribution in [0.4, 0.5) is 5.82 Å². The number of nitrogens with zero attached hydrogens (tertiary/aromatic N) is 5. The zero-order valence-corrected chi connectivity index (χ0v) is 16.6. The molecule has 0 saturated heterocycles. The smallest absolute Gasteiger partial charge is 0.229 e. The van der Waals surface area contributed by atoms with Crippen LogP contribution < -0.4 is 11.1 Å². The molecule has 0 spiro atoms. The molecule has 1 saturated carbocycles. The average molecular weight is 438 g/mol. The molecule has 28 heavy (non-hydrogen) atoms. The number of hydrogen-bond donors (Lipinski definition) is 2. The summed E-state index contributed by atoms with van der Waals surface area (Å²) in [6.07, 6.45) is 6.91. The number of pyridine rings is 3. The standard InChI is InChI=1S/C19H16BrN7O/c1-22-16-13-9-23-14(19(3-4-19)17(21)28)7-11(13)12(8-24-16)10-2-5-27-15(6-10)25-18(20)26-27/h2,5-9H,3-4H2,1H3,(H2,21,28)(H,22,24). The van der Waals surface area contributed by atoms with E-state index in [9.17, 15) is 4.79 Å². The molecule has 1 amide bonds. The zero-order valence-electron chi connectivity index (χ0n) is 15.0. The van der Waals surface area contributed by atoms with Crippen LogP contribution >= 0.6 is 15.9 Å². The van der Waals surface area contributed by atoms with Crippen molar-refractivity contribution in [3.63, 3.8) is 0 Å². The molecule has 0 atom stereocenters. The molecule has 4 aromatic rings. The Balaban J connectivity index is 1.76. The highest BCUT2D eigenvalue weighted by Gasteiger charge is 2.51. The van der Waals surface area contributed by atoms with Crippen molar-refractivity contribution in [2.24, 2.45) is 5.73 Å². The van der Waals surface area contributed by atoms with Crippen LogP contribution in [0.1, 0.15) is 18.5 Å². The molecule has 9 heteroatoms. The normalized spacial score (nSPS) is 15.1. The van der Waals surface area contributed by atoms with Gasteiger partial charge in [0.05, 0.1) is 11.1 Å². The lowest BCUT2D eigenvalue weighted by atomic mass is 9.96. The van der Waals surface area contributed by atoms with Gasteiger partial charge < -0.3 is 11.1 Å². The van der Waals surface area contributed by atoms with Crippen LogP contribution in [0, 0.1) is 0 Å². The molecule has 0 bridgehead atoms. The SMILES string of the molecule is CNc1ncc(-c2ccn3nc(Br)nc3c2)c2cc(C3(C(N)=O)CC3)ncc12. The number of carbonyl (C=O) groups is 1. The van der Waals surface area contributed by atoms with Gasteiger partial charge in [0.2, 0.25) is 10.6 Å². The number of hydrogen-bond acceptors (Lipinski definition) is 6. The van der Waals surface area contributed by atoms with Crippen molar-refractivity contribution in [1.29, 1.82) is 0 Å². The summed E-state index contributed by atoms with van der Waals surface area (Å²) in [5, 5.41) is 9.19. The quantitative estimate of drug-likeness (QED) is 0.507. The Morgan fingerprint density at radius 3 is 2.79 bits per heavy atom. The molecule has 0 aromatic carbocycles. The van der Waals surface area contributed by atoms with Crippen LogP contribution in [0.15, 0.2) is 41.5 Å². The summed E-state index contributed by atoms with van der Waals surface area (Å²) in [6, 6.07) is 5.88. The predicted octanol–water partition coefficient (Wildman–Crippen LogP) is 2.66. The van der Waals surface area contributed by atoms with E-state index in [4.69, 9.17) is 5.73 Å². The van der Waals surface area contributed by atoms with Crippen LogP contribution in [-0.4, -0.2) is 37.5 Å². The van der Waals surface area contributed by atoms with E-state index < -0.39 is 5.41 Å². The van der Waals surface area contributed by atoms with Crippen molar-refractivity contribution in [3.8, 4) is 11.1 Å². The first kappa shape index (κ1) is 17.1. The minimum Gasteiger partial charge on any atom is -0.373 e. The molecule has 1 aliphatic carbocycles. The average Bonchev–Trinajstić information content (AvgIpc) is 3.42. The first-order valence-corrected chi connectivity index (χ1v) is 9.60. The summed E-state index contributed by atoms with van der Waals surface area (Å²) in [6.45, 7) is 0. The number of anilines is 1. The summed E-state index contributed by atoms with van der Waals surface area (Å²) in [7, 11) is 1.82. The van der Waals surface area contributed by atoms with Gasteiger partial charge in [-0.05, 0) is 57.9 Å². The maximum absolute atomic E-state index is 12.0. The maximum atomic E-state index is 12.0. The zero-order chi connectivity index (χ0) is 19.5. The topological polar surface area (TPSA) is 111 Å². The third kappa shape index (κ3) is 2.46. The van der Waals surface area contributed by atoms with Crippen LogP contribution in [0.3, 0.4) is 0 Å². The van der Waals surface area contributed by atoms with Crippen LogP contribution in [0.25, 0.3) is 27.5 Å². The lowest BCUT2D eigenvalue weighted by molar-refractivity contribution is -0.120. The molecule has 0 radical (unpaired) electrons. The fourth-order valence-electron chi connectivity index (χ4n) is 3.60. The number of rotatable bonds is 4. The fourth-order valence-corrected chi connectivity index (χ4v) is 3.95. The number of fused-ring (bicyclic) bond motifs is 2. The molecule has 1 fully saturated rings. The van der Waals surface area contributed by atoms with Crippen LogP contribution in [-0.2, 0) is 10.2 Å². The molecule has 4 heterocycles. The van der Waals surface area contributed by atoms with E-state index in [1.807, 2.05) is 37.6 Å². The fraction of sp³-hybridized carbons (Fsp3) is 0.211. The van der Waals surface area contributed by atoms with Gasteiger partial charge in [0.15, 0.2) is 5.65 Å². The predicted molar refractivity (Wildman–Crippen MR) is 109 cm³/mol. The molecular weight excluding hydrogens is 422 g/mol. The summed E-state index contributed by atoms with van der Waals surface area (Å²) < 4.78 is 2.23. The Bertz CT molecular complexity index is 1260. The van der Waals surface area contributed by atoms with E-state index >= 15 is 0 Å². The van der Waals surface area contributed by atoms with Gasteiger partial charge in [0.1, 0.15) is 5.82 Å². The highest BCUT2D eigenvalue weighted by atomic mass is 79.9. The van der Waals surface area contributed by atoms with Crippen molar-refractivity contribution in [1.82, 2.24) is 24.6 Å². The molecule has 4 aromatic heterocycles. The largest absolute Gasteiger partial charge is 0.373 e. The highest BCUT2D eigenvalue weighted by molar-refractivity contribution is 9.10. The van der Waals surface area contributed by atoms with Gasteiger partial charge in [-0.15, -0.1) is 5.10 Å². The number of carbonyl (C=O) groups excluding carboxylic acids is 1. The molecule has 1 aliphatic rings. The molecule has 0 unspecified atom stereocenters. The number of amides is 1. The second kappa shape index (κ2) is 5.96. The number of aromatic nitrogens is 5. The summed E-state index contributed by atoms with van der Waals surface area (Å²) in [5.74, 6) is 0.409. The highest BCUT2D eigenvalue weighted by Crippen LogP contribution is 2.48. The molecule has 140 valence electrons. The molecule has 3 N–H and O–H groups in total. The van der Waals surface area contributed by atoms with Gasteiger partial charge in [-0.3, -0.25) is 9.78 Å². The first-order chi connectivity index (χ1) is 13.5. The second-order valence-corrected chi connectivity index (χ2v) is 7.64. The molecule has 8 nitrogen and oxygen atoms in total. The number of nitrogens with one attached hydrogen (secondary N) is 1. The lowest BCUT2D eigenvalue weighted by Gasteiger charge is -2.15. The third-order valence-corrected chi connectivity index (χ3v) is 5.68. The van der Waals surface area contributed by atoms with E-state index in [-0.39, 0.29) is 5.91 Å². The van der Waals surface area contributed by atoms with Gasteiger partial charge in [-0.1, -0.05) is 0 Å². The van der Waals surface area contributed by atoms with Gasteiger partial charge in [0, 0.05) is 36.6 Å². The van der Waals surface area contributed by atoms with Crippen LogP contribution in [0.5, 0.6) is 0 Å². The van der Waals surface area contributed by atoms with E-state index in [0.717, 1.165) is 46.2 Å². The van der Waals surface area contributed by atoms with Gasteiger partial charge in [-0.25, -0.2) is 14.5 Å². The van der Waals surface area contributed by atoms with Crippen molar-refractivity contribution in [2.45, 2.75) is 18.3 Å². The first-order valence-electron chi connectivity index (χ1n) is 8.81. The van der Waals surface area contributed by atoms with Crippen molar-refractivity contribution in [3.05, 3.63) is 47.2 Å². The Hall–Kier alpha value is -3.07. The van der Waals surface area contributed by atoms with Crippen molar-refractivity contribution in [2.75, 3.05) is 12.4 Å². The number of nitrogens with two attached hydrogens (primary N) is 1. The monoisotopic (exact) mass is 437 g/mol. The number of halogens is 1. The second-order valence-electron chi connectivity index (χ2n) is 6.93. The molecule has 0 aliphatic heterocycles. The minimum atomic E-state index is -0.642. The Morgan fingerprint density at radius 1 is 1.25 bits per heavy atom. The summed E-state index contributed by atoms with van der Waals surface area (Å²) >= 11 is 3.30. The van der Waals surface area contributed by atoms with Crippen molar-refractivity contribution < 1.29 is 4.79 Å². The molecular formula is C19H16BrN7O. The van der Waals surface area contributed by atoms with Gasteiger partial charge in [0.25, 0.3) is 0 Å².